The maximum Gasteiger partial charge on any atom is 0.338 e. The van der Waals surface area contributed by atoms with E-state index in [9.17, 15) is 18.8 Å². The number of nitrogens with one attached hydrogen (secondary N) is 2. The highest BCUT2D eigenvalue weighted by molar-refractivity contribution is 6.31. The van der Waals surface area contributed by atoms with E-state index in [1.807, 2.05) is 0 Å². The van der Waals surface area contributed by atoms with Crippen LogP contribution >= 0.6 is 11.6 Å². The van der Waals surface area contributed by atoms with Gasteiger partial charge in [-0.1, -0.05) is 11.6 Å². The molecular weight excluding hydrogens is 377 g/mol. The second kappa shape index (κ2) is 9.31. The number of anilines is 2. The molecule has 27 heavy (non-hydrogen) atoms. The van der Waals surface area contributed by atoms with Gasteiger partial charge in [0, 0.05) is 11.4 Å². The van der Waals surface area contributed by atoms with E-state index in [-0.39, 0.29) is 22.7 Å². The molecule has 2 aromatic carbocycles. The molecule has 0 spiro atoms. The van der Waals surface area contributed by atoms with Crippen LogP contribution in [0.3, 0.4) is 0 Å². The van der Waals surface area contributed by atoms with Crippen molar-refractivity contribution in [3.05, 3.63) is 58.9 Å². The van der Waals surface area contributed by atoms with Crippen molar-refractivity contribution in [3.63, 3.8) is 0 Å². The highest BCUT2D eigenvalue weighted by Crippen LogP contribution is 2.19. The van der Waals surface area contributed by atoms with Gasteiger partial charge in [-0.3, -0.25) is 9.59 Å². The van der Waals surface area contributed by atoms with E-state index in [1.165, 1.54) is 36.4 Å². The normalized spacial score (nSPS) is 9.81. The Bertz CT molecular complexity index is 910. The van der Waals surface area contributed by atoms with Gasteiger partial charge in [0.25, 0.3) is 5.91 Å². The second-order valence-corrected chi connectivity index (χ2v) is 5.62. The topological polar surface area (TPSA) is 108 Å². The SMILES string of the molecule is N#CCC(=O)Nc1ccc(C(=O)OCC(=O)Nc2ccc(F)c(Cl)c2)cc1. The molecule has 0 bridgehead atoms. The predicted octanol–water partition coefficient (Wildman–Crippen LogP) is 3.13. The summed E-state index contributed by atoms with van der Waals surface area (Å²) in [4.78, 5) is 35.0. The summed E-state index contributed by atoms with van der Waals surface area (Å²) in [6.45, 7) is -0.547. The smallest absolute Gasteiger partial charge is 0.338 e. The Kier molecular flexibility index (Phi) is 6.86. The molecule has 0 aliphatic carbocycles. The minimum absolute atomic E-state index is 0.147. The fraction of sp³-hybridized carbons (Fsp3) is 0.111. The van der Waals surface area contributed by atoms with Gasteiger partial charge in [0.15, 0.2) is 6.61 Å². The number of carbonyl (C=O) groups is 3. The standard InChI is InChI=1S/C18H13ClFN3O4/c19-14-9-13(5-6-15(14)20)23-17(25)10-27-18(26)11-1-3-12(4-2-11)22-16(24)7-8-21/h1-6,9H,7,10H2,(H,22,24)(H,23,25). The number of esters is 1. The Hall–Kier alpha value is -3.44. The molecule has 0 fully saturated rings. The van der Waals surface area contributed by atoms with Gasteiger partial charge in [-0.05, 0) is 42.5 Å². The van der Waals surface area contributed by atoms with Gasteiger partial charge in [-0.2, -0.15) is 5.26 Å². The van der Waals surface area contributed by atoms with Gasteiger partial charge >= 0.3 is 5.97 Å². The van der Waals surface area contributed by atoms with E-state index < -0.39 is 30.2 Å². The van der Waals surface area contributed by atoms with Crippen molar-refractivity contribution in [1.29, 1.82) is 5.26 Å². The maximum absolute atomic E-state index is 13.1. The molecule has 138 valence electrons. The molecule has 7 nitrogen and oxygen atoms in total. The number of carbonyl (C=O) groups excluding carboxylic acids is 3. The minimum Gasteiger partial charge on any atom is -0.452 e. The predicted molar refractivity (Wildman–Crippen MR) is 95.6 cm³/mol. The van der Waals surface area contributed by atoms with Gasteiger partial charge in [-0.25, -0.2) is 9.18 Å². The van der Waals surface area contributed by atoms with Crippen LogP contribution in [-0.2, 0) is 14.3 Å². The molecule has 0 heterocycles. The molecule has 9 heteroatoms. The van der Waals surface area contributed by atoms with Crippen LogP contribution in [0.5, 0.6) is 0 Å². The molecule has 0 saturated heterocycles. The summed E-state index contributed by atoms with van der Waals surface area (Å²) in [6, 6.07) is 11.1. The van der Waals surface area contributed by atoms with E-state index in [2.05, 4.69) is 10.6 Å². The third-order valence-corrected chi connectivity index (χ3v) is 3.47. The monoisotopic (exact) mass is 389 g/mol. The van der Waals surface area contributed by atoms with Crippen LogP contribution in [0.1, 0.15) is 16.8 Å². The second-order valence-electron chi connectivity index (χ2n) is 5.21. The van der Waals surface area contributed by atoms with E-state index in [0.29, 0.717) is 5.69 Å². The van der Waals surface area contributed by atoms with Gasteiger partial charge in [-0.15, -0.1) is 0 Å². The Morgan fingerprint density at radius 3 is 2.30 bits per heavy atom. The first-order valence-corrected chi connectivity index (χ1v) is 7.95. The molecule has 0 saturated carbocycles. The number of halogens is 2. The first-order valence-electron chi connectivity index (χ1n) is 7.58. The third-order valence-electron chi connectivity index (χ3n) is 3.18. The molecule has 2 N–H and O–H groups in total. The average molecular weight is 390 g/mol. The molecular formula is C18H13ClFN3O4. The van der Waals surface area contributed by atoms with Gasteiger partial charge in [0.1, 0.15) is 12.2 Å². The van der Waals surface area contributed by atoms with E-state index in [1.54, 1.807) is 6.07 Å². The molecule has 2 aromatic rings. The zero-order valence-electron chi connectivity index (χ0n) is 13.8. The van der Waals surface area contributed by atoms with Crippen molar-refractivity contribution in [2.45, 2.75) is 6.42 Å². The van der Waals surface area contributed by atoms with Crippen LogP contribution < -0.4 is 10.6 Å². The molecule has 0 unspecified atom stereocenters. The number of rotatable bonds is 6. The Labute approximate surface area is 158 Å². The molecule has 0 aliphatic rings. The van der Waals surface area contributed by atoms with Crippen LogP contribution in [0.4, 0.5) is 15.8 Å². The zero-order chi connectivity index (χ0) is 19.8. The highest BCUT2D eigenvalue weighted by atomic mass is 35.5. The van der Waals surface area contributed by atoms with Crippen molar-refractivity contribution in [3.8, 4) is 6.07 Å². The maximum atomic E-state index is 13.1. The number of hydrogen-bond acceptors (Lipinski definition) is 5. The number of hydrogen-bond donors (Lipinski definition) is 2. The Morgan fingerprint density at radius 1 is 1.04 bits per heavy atom. The summed E-state index contributed by atoms with van der Waals surface area (Å²) in [7, 11) is 0. The van der Waals surface area contributed by atoms with Gasteiger partial charge in [0.2, 0.25) is 5.91 Å². The number of ether oxygens (including phenoxy) is 1. The van der Waals surface area contributed by atoms with Crippen LogP contribution in [-0.4, -0.2) is 24.4 Å². The third kappa shape index (κ3) is 6.09. The number of amides is 2. The lowest BCUT2D eigenvalue weighted by molar-refractivity contribution is -0.119. The lowest BCUT2D eigenvalue weighted by Crippen LogP contribution is -2.21. The van der Waals surface area contributed by atoms with Crippen LogP contribution in [0.25, 0.3) is 0 Å². The van der Waals surface area contributed by atoms with Crippen LogP contribution in [0.2, 0.25) is 5.02 Å². The first kappa shape index (κ1) is 19.9. The van der Waals surface area contributed by atoms with Gasteiger partial charge in [0.05, 0.1) is 16.7 Å². The Balaban J connectivity index is 1.85. The average Bonchev–Trinajstić information content (AvgIpc) is 2.63. The summed E-state index contributed by atoms with van der Waals surface area (Å²) in [5, 5.41) is 13.2. The van der Waals surface area contributed by atoms with E-state index in [4.69, 9.17) is 21.6 Å². The lowest BCUT2D eigenvalue weighted by Gasteiger charge is -2.08. The fourth-order valence-electron chi connectivity index (χ4n) is 1.95. The number of nitrogens with zero attached hydrogens (tertiary/aromatic N) is 1. The minimum atomic E-state index is -0.739. The van der Waals surface area contributed by atoms with Crippen LogP contribution in [0.15, 0.2) is 42.5 Å². The molecule has 0 aliphatic heterocycles. The first-order chi connectivity index (χ1) is 12.9. The molecule has 0 aromatic heterocycles. The fourth-order valence-corrected chi connectivity index (χ4v) is 2.13. The highest BCUT2D eigenvalue weighted by Gasteiger charge is 2.11. The van der Waals surface area contributed by atoms with E-state index in [0.717, 1.165) is 6.07 Å². The largest absolute Gasteiger partial charge is 0.452 e. The van der Waals surface area contributed by atoms with Gasteiger partial charge < -0.3 is 15.4 Å². The summed E-state index contributed by atoms with van der Waals surface area (Å²) in [5.74, 6) is -2.44. The summed E-state index contributed by atoms with van der Waals surface area (Å²) in [6.07, 6.45) is -0.280. The van der Waals surface area contributed by atoms with Crippen molar-refractivity contribution in [2.75, 3.05) is 17.2 Å². The molecule has 2 amide bonds. The Morgan fingerprint density at radius 2 is 1.67 bits per heavy atom. The van der Waals surface area contributed by atoms with Crippen molar-refractivity contribution < 1.29 is 23.5 Å². The molecule has 0 atom stereocenters. The quantitative estimate of drug-likeness (QED) is 0.738. The van der Waals surface area contributed by atoms with Crippen LogP contribution in [0, 0.1) is 17.1 Å². The van der Waals surface area contributed by atoms with E-state index >= 15 is 0 Å². The molecule has 0 radical (unpaired) electrons. The summed E-state index contributed by atoms with van der Waals surface area (Å²) in [5.41, 5.74) is 0.851. The zero-order valence-corrected chi connectivity index (χ0v) is 14.5. The summed E-state index contributed by atoms with van der Waals surface area (Å²) < 4.78 is 18.0. The lowest BCUT2D eigenvalue weighted by atomic mass is 10.2. The molecule has 2 rings (SSSR count). The van der Waals surface area contributed by atoms with Crippen molar-refractivity contribution in [2.24, 2.45) is 0 Å². The number of nitriles is 1. The number of benzene rings is 2. The van der Waals surface area contributed by atoms with Crippen molar-refractivity contribution >= 4 is 40.8 Å². The van der Waals surface area contributed by atoms with Crippen molar-refractivity contribution in [1.82, 2.24) is 0 Å². The summed E-state index contributed by atoms with van der Waals surface area (Å²) >= 11 is 5.61.